The summed E-state index contributed by atoms with van der Waals surface area (Å²) in [5, 5.41) is 21.9. The maximum absolute atomic E-state index is 5.83. The third-order valence-corrected chi connectivity index (χ3v) is 6.37. The van der Waals surface area contributed by atoms with Gasteiger partial charge < -0.3 is 8.98 Å². The van der Waals surface area contributed by atoms with Crippen molar-refractivity contribution in [2.24, 2.45) is 0 Å². The Balaban J connectivity index is 1.56. The van der Waals surface area contributed by atoms with E-state index in [-0.39, 0.29) is 5.25 Å². The van der Waals surface area contributed by atoms with E-state index in [1.54, 1.807) is 34.4 Å². The van der Waals surface area contributed by atoms with Crippen LogP contribution in [0.4, 0.5) is 0 Å². The summed E-state index contributed by atoms with van der Waals surface area (Å²) in [6.07, 6.45) is 0. The molecule has 0 radical (unpaired) electrons. The smallest absolute Gasteiger partial charge is 0.257 e. The second kappa shape index (κ2) is 7.11. The van der Waals surface area contributed by atoms with Crippen molar-refractivity contribution in [2.45, 2.75) is 30.8 Å². The molecule has 4 rings (SSSR count). The average Bonchev–Trinajstić information content (AvgIpc) is 3.40. The molecule has 25 heavy (non-hydrogen) atoms. The van der Waals surface area contributed by atoms with Crippen LogP contribution in [0.2, 0.25) is 0 Å². The first-order valence-electron chi connectivity index (χ1n) is 7.77. The highest BCUT2D eigenvalue weighted by molar-refractivity contribution is 7.99. The first-order valence-corrected chi connectivity index (χ1v) is 10.4. The molecule has 0 saturated carbocycles. The van der Waals surface area contributed by atoms with E-state index in [4.69, 9.17) is 4.42 Å². The lowest BCUT2D eigenvalue weighted by Gasteiger charge is -2.08. The molecule has 1 unspecified atom stereocenters. The van der Waals surface area contributed by atoms with Crippen LogP contribution in [0.15, 0.2) is 44.6 Å². The van der Waals surface area contributed by atoms with E-state index in [1.165, 1.54) is 0 Å². The van der Waals surface area contributed by atoms with Gasteiger partial charge in [-0.25, -0.2) is 0 Å². The predicted octanol–water partition coefficient (Wildman–Crippen LogP) is 4.99. The Kier molecular flexibility index (Phi) is 4.69. The van der Waals surface area contributed by atoms with Crippen molar-refractivity contribution in [2.75, 3.05) is 0 Å². The number of aromatic nitrogens is 5. The van der Waals surface area contributed by atoms with Crippen molar-refractivity contribution in [3.63, 3.8) is 0 Å². The van der Waals surface area contributed by atoms with Crippen molar-refractivity contribution in [3.8, 4) is 21.5 Å². The summed E-state index contributed by atoms with van der Waals surface area (Å²) in [6.45, 7) is 4.94. The highest BCUT2D eigenvalue weighted by Crippen LogP contribution is 2.36. The average molecular weight is 390 g/mol. The SMILES string of the molecule is CCn1c(SC(C)c2nnc(-c3cccs3)o2)nnc1-c1cccs1. The van der Waals surface area contributed by atoms with Crippen LogP contribution < -0.4 is 0 Å². The Morgan fingerprint density at radius 1 is 1.08 bits per heavy atom. The van der Waals surface area contributed by atoms with E-state index in [0.717, 1.165) is 27.3 Å². The molecule has 0 aliphatic carbocycles. The molecule has 4 heterocycles. The lowest BCUT2D eigenvalue weighted by atomic mass is 10.4. The molecule has 0 aromatic carbocycles. The molecule has 0 spiro atoms. The minimum absolute atomic E-state index is 0.00750. The standard InChI is InChI=1S/C16H15N5OS3/c1-3-21-13(11-6-4-8-23-11)17-20-16(21)25-10(2)14-18-19-15(22-14)12-7-5-9-24-12/h4-10H,3H2,1-2H3. The van der Waals surface area contributed by atoms with Crippen molar-refractivity contribution < 1.29 is 4.42 Å². The van der Waals surface area contributed by atoms with E-state index in [0.29, 0.717) is 11.8 Å². The van der Waals surface area contributed by atoms with Gasteiger partial charge in [0.15, 0.2) is 11.0 Å². The summed E-state index contributed by atoms with van der Waals surface area (Å²) in [6, 6.07) is 8.03. The summed E-state index contributed by atoms with van der Waals surface area (Å²) in [7, 11) is 0. The van der Waals surface area contributed by atoms with Gasteiger partial charge in [0.1, 0.15) is 0 Å². The summed E-state index contributed by atoms with van der Waals surface area (Å²) in [4.78, 5) is 2.10. The number of hydrogen-bond acceptors (Lipinski definition) is 8. The van der Waals surface area contributed by atoms with Crippen LogP contribution in [0.3, 0.4) is 0 Å². The van der Waals surface area contributed by atoms with Gasteiger partial charge in [-0.05, 0) is 36.7 Å². The van der Waals surface area contributed by atoms with Crippen LogP contribution in [0.25, 0.3) is 21.5 Å². The quantitative estimate of drug-likeness (QED) is 0.433. The minimum atomic E-state index is -0.00750. The molecule has 6 nitrogen and oxygen atoms in total. The third-order valence-electron chi connectivity index (χ3n) is 3.58. The Morgan fingerprint density at radius 2 is 1.84 bits per heavy atom. The molecule has 0 aliphatic rings. The van der Waals surface area contributed by atoms with Crippen LogP contribution >= 0.6 is 34.4 Å². The van der Waals surface area contributed by atoms with E-state index in [1.807, 2.05) is 35.9 Å². The monoisotopic (exact) mass is 389 g/mol. The number of thiophene rings is 2. The molecule has 0 saturated heterocycles. The highest BCUT2D eigenvalue weighted by atomic mass is 32.2. The Hall–Kier alpha value is -1.97. The summed E-state index contributed by atoms with van der Waals surface area (Å²) >= 11 is 4.83. The lowest BCUT2D eigenvalue weighted by molar-refractivity contribution is 0.509. The maximum Gasteiger partial charge on any atom is 0.257 e. The van der Waals surface area contributed by atoms with Crippen LogP contribution in [-0.4, -0.2) is 25.0 Å². The van der Waals surface area contributed by atoms with Gasteiger partial charge >= 0.3 is 0 Å². The molecular weight excluding hydrogens is 374 g/mol. The van der Waals surface area contributed by atoms with Crippen molar-refractivity contribution in [3.05, 3.63) is 40.9 Å². The zero-order valence-corrected chi connectivity index (χ0v) is 16.1. The second-order valence-electron chi connectivity index (χ2n) is 5.21. The van der Waals surface area contributed by atoms with Gasteiger partial charge in [-0.1, -0.05) is 23.9 Å². The summed E-state index contributed by atoms with van der Waals surface area (Å²) < 4.78 is 7.94. The van der Waals surface area contributed by atoms with Gasteiger partial charge in [-0.2, -0.15) is 0 Å². The molecule has 0 fully saturated rings. The highest BCUT2D eigenvalue weighted by Gasteiger charge is 2.21. The van der Waals surface area contributed by atoms with Crippen LogP contribution in [0.1, 0.15) is 25.0 Å². The topological polar surface area (TPSA) is 69.6 Å². The number of nitrogens with zero attached hydrogens (tertiary/aromatic N) is 5. The zero-order chi connectivity index (χ0) is 17.2. The Bertz CT molecular complexity index is 943. The van der Waals surface area contributed by atoms with Gasteiger partial charge in [0, 0.05) is 6.54 Å². The fourth-order valence-electron chi connectivity index (χ4n) is 2.36. The minimum Gasteiger partial charge on any atom is -0.419 e. The predicted molar refractivity (Wildman–Crippen MR) is 101 cm³/mol. The van der Waals surface area contributed by atoms with Crippen LogP contribution in [0, 0.1) is 0 Å². The van der Waals surface area contributed by atoms with Gasteiger partial charge in [-0.15, -0.1) is 43.1 Å². The maximum atomic E-state index is 5.83. The van der Waals surface area contributed by atoms with Crippen molar-refractivity contribution in [1.82, 2.24) is 25.0 Å². The second-order valence-corrected chi connectivity index (χ2v) is 8.41. The van der Waals surface area contributed by atoms with Gasteiger partial charge in [0.25, 0.3) is 5.89 Å². The molecule has 4 aromatic heterocycles. The van der Waals surface area contributed by atoms with Crippen LogP contribution in [-0.2, 0) is 6.54 Å². The van der Waals surface area contributed by atoms with Gasteiger partial charge in [-0.3, -0.25) is 0 Å². The third kappa shape index (κ3) is 3.26. The molecule has 4 aromatic rings. The first kappa shape index (κ1) is 16.5. The fraction of sp³-hybridized carbons (Fsp3) is 0.250. The number of hydrogen-bond donors (Lipinski definition) is 0. The molecule has 9 heteroatoms. The largest absolute Gasteiger partial charge is 0.419 e. The van der Waals surface area contributed by atoms with Crippen molar-refractivity contribution >= 4 is 34.4 Å². The summed E-state index contributed by atoms with van der Waals surface area (Å²) in [5.41, 5.74) is 0. The molecule has 128 valence electrons. The normalized spacial score (nSPS) is 12.6. The van der Waals surface area contributed by atoms with E-state index in [2.05, 4.69) is 38.0 Å². The van der Waals surface area contributed by atoms with E-state index < -0.39 is 0 Å². The zero-order valence-electron chi connectivity index (χ0n) is 13.6. The first-order chi connectivity index (χ1) is 12.3. The lowest BCUT2D eigenvalue weighted by Crippen LogP contribution is -2.00. The van der Waals surface area contributed by atoms with Crippen LogP contribution in [0.5, 0.6) is 0 Å². The molecule has 0 amide bonds. The molecule has 0 aliphatic heterocycles. The molecule has 0 N–H and O–H groups in total. The summed E-state index contributed by atoms with van der Waals surface area (Å²) in [5.74, 6) is 2.06. The van der Waals surface area contributed by atoms with Gasteiger partial charge in [0.2, 0.25) is 5.89 Å². The fourth-order valence-corrected chi connectivity index (χ4v) is 4.66. The molecule has 1 atom stereocenters. The number of rotatable bonds is 6. The van der Waals surface area contributed by atoms with Gasteiger partial charge in [0.05, 0.1) is 15.0 Å². The molecular formula is C16H15N5OS3. The molecule has 0 bridgehead atoms. The Labute approximate surface area is 156 Å². The van der Waals surface area contributed by atoms with E-state index >= 15 is 0 Å². The Morgan fingerprint density at radius 3 is 2.52 bits per heavy atom. The number of thioether (sulfide) groups is 1. The van der Waals surface area contributed by atoms with E-state index in [9.17, 15) is 0 Å². The van der Waals surface area contributed by atoms with Crippen molar-refractivity contribution in [1.29, 1.82) is 0 Å².